The molecule has 1 amide bonds. The molecule has 0 spiro atoms. The fourth-order valence-electron chi connectivity index (χ4n) is 1.76. The molecule has 0 aliphatic heterocycles. The zero-order valence-corrected chi connectivity index (χ0v) is 12.0. The Morgan fingerprint density at radius 3 is 2.82 bits per heavy atom. The van der Waals surface area contributed by atoms with Crippen LogP contribution in [0.25, 0.3) is 0 Å². The molecule has 6 nitrogen and oxygen atoms in total. The van der Waals surface area contributed by atoms with E-state index < -0.39 is 5.91 Å². The molecular weight excluding hydrogens is 284 g/mol. The first-order valence-electron chi connectivity index (χ1n) is 6.68. The molecule has 0 aromatic heterocycles. The molecule has 0 fully saturated rings. The average Bonchev–Trinajstić information content (AvgIpc) is 2.50. The smallest absolute Gasteiger partial charge is 0.271 e. The minimum Gasteiger partial charge on any atom is -0.508 e. The lowest BCUT2D eigenvalue weighted by atomic mass is 10.2. The molecule has 0 bridgehead atoms. The van der Waals surface area contributed by atoms with Crippen molar-refractivity contribution in [1.82, 2.24) is 5.43 Å². The Morgan fingerprint density at radius 1 is 1.27 bits per heavy atom. The maximum atomic E-state index is 11.8. The first-order valence-corrected chi connectivity index (χ1v) is 6.68. The Labute approximate surface area is 127 Å². The highest BCUT2D eigenvalue weighted by molar-refractivity contribution is 5.95. The molecule has 2 aromatic carbocycles. The highest BCUT2D eigenvalue weighted by Crippen LogP contribution is 2.26. The Hall–Kier alpha value is -3.02. The van der Waals surface area contributed by atoms with Gasteiger partial charge in [0.05, 0.1) is 12.8 Å². The molecule has 0 radical (unpaired) electrons. The third-order valence-corrected chi connectivity index (χ3v) is 2.77. The summed E-state index contributed by atoms with van der Waals surface area (Å²) >= 11 is 0. The van der Waals surface area contributed by atoms with E-state index in [2.05, 4.69) is 10.5 Å². The molecular formula is C16H16N2O4. The minimum atomic E-state index is -0.434. The third-order valence-electron chi connectivity index (χ3n) is 2.77. The van der Waals surface area contributed by atoms with Gasteiger partial charge in [0.1, 0.15) is 5.75 Å². The molecule has 114 valence electrons. The van der Waals surface area contributed by atoms with E-state index in [0.717, 1.165) is 0 Å². The van der Waals surface area contributed by atoms with Crippen LogP contribution >= 0.6 is 0 Å². The summed E-state index contributed by atoms with van der Waals surface area (Å²) in [7, 11) is 0. The third kappa shape index (κ3) is 3.99. The van der Waals surface area contributed by atoms with Gasteiger partial charge >= 0.3 is 0 Å². The van der Waals surface area contributed by atoms with Crippen LogP contribution in [-0.4, -0.2) is 28.9 Å². The van der Waals surface area contributed by atoms with E-state index in [9.17, 15) is 15.0 Å². The lowest BCUT2D eigenvalue weighted by Gasteiger charge is -2.06. The molecule has 0 aliphatic rings. The second kappa shape index (κ2) is 7.12. The van der Waals surface area contributed by atoms with Crippen molar-refractivity contribution in [2.24, 2.45) is 5.10 Å². The predicted molar refractivity (Wildman–Crippen MR) is 82.4 cm³/mol. The molecule has 2 rings (SSSR count). The number of phenolic OH excluding ortho intramolecular Hbond substituents is 2. The lowest BCUT2D eigenvalue weighted by Crippen LogP contribution is -2.17. The van der Waals surface area contributed by atoms with Gasteiger partial charge in [-0.3, -0.25) is 4.79 Å². The maximum Gasteiger partial charge on any atom is 0.271 e. The number of ether oxygens (including phenoxy) is 1. The topological polar surface area (TPSA) is 91.2 Å². The van der Waals surface area contributed by atoms with Crippen LogP contribution in [0.15, 0.2) is 47.6 Å². The van der Waals surface area contributed by atoms with Gasteiger partial charge in [0, 0.05) is 5.56 Å². The van der Waals surface area contributed by atoms with Crippen molar-refractivity contribution in [1.29, 1.82) is 0 Å². The molecule has 3 N–H and O–H groups in total. The monoisotopic (exact) mass is 300 g/mol. The number of carbonyl (C=O) groups is 1. The van der Waals surface area contributed by atoms with E-state index in [0.29, 0.717) is 23.5 Å². The van der Waals surface area contributed by atoms with Gasteiger partial charge in [-0.15, -0.1) is 0 Å². The Bertz CT molecular complexity index is 698. The summed E-state index contributed by atoms with van der Waals surface area (Å²) < 4.78 is 5.26. The second-order valence-corrected chi connectivity index (χ2v) is 4.41. The van der Waals surface area contributed by atoms with E-state index in [1.165, 1.54) is 24.4 Å². The van der Waals surface area contributed by atoms with E-state index in [1.54, 1.807) is 24.3 Å². The molecule has 0 atom stereocenters. The molecule has 0 saturated carbocycles. The van der Waals surface area contributed by atoms with Crippen LogP contribution in [0.4, 0.5) is 0 Å². The largest absolute Gasteiger partial charge is 0.508 e. The lowest BCUT2D eigenvalue weighted by molar-refractivity contribution is 0.0954. The Balaban J connectivity index is 2.03. The number of rotatable bonds is 5. The van der Waals surface area contributed by atoms with Gasteiger partial charge in [-0.1, -0.05) is 6.07 Å². The highest BCUT2D eigenvalue weighted by Gasteiger charge is 2.05. The standard InChI is InChI=1S/C16H16N2O4/c1-2-22-15-8-11(6-7-14(15)20)10-17-18-16(21)12-4-3-5-13(19)9-12/h3-10,19-20H,2H2,1H3,(H,18,21)/b17-10+. The van der Waals surface area contributed by atoms with Crippen LogP contribution in [0.3, 0.4) is 0 Å². The van der Waals surface area contributed by atoms with Crippen molar-refractivity contribution >= 4 is 12.1 Å². The van der Waals surface area contributed by atoms with Crippen molar-refractivity contribution in [2.75, 3.05) is 6.61 Å². The first-order chi connectivity index (χ1) is 10.6. The summed E-state index contributed by atoms with van der Waals surface area (Å²) in [6, 6.07) is 10.7. The van der Waals surface area contributed by atoms with Crippen molar-refractivity contribution in [3.05, 3.63) is 53.6 Å². The van der Waals surface area contributed by atoms with Crippen molar-refractivity contribution in [2.45, 2.75) is 6.92 Å². The van der Waals surface area contributed by atoms with E-state index in [1.807, 2.05) is 6.92 Å². The van der Waals surface area contributed by atoms with Gasteiger partial charge in [0.2, 0.25) is 0 Å². The second-order valence-electron chi connectivity index (χ2n) is 4.41. The number of hydrogen-bond acceptors (Lipinski definition) is 5. The van der Waals surface area contributed by atoms with Crippen LogP contribution in [0, 0.1) is 0 Å². The fraction of sp³-hybridized carbons (Fsp3) is 0.125. The summed E-state index contributed by atoms with van der Waals surface area (Å²) in [5.41, 5.74) is 3.32. The number of benzene rings is 2. The van der Waals surface area contributed by atoms with Gasteiger partial charge in [-0.05, 0) is 48.9 Å². The van der Waals surface area contributed by atoms with Crippen molar-refractivity contribution < 1.29 is 19.7 Å². The zero-order valence-electron chi connectivity index (χ0n) is 12.0. The van der Waals surface area contributed by atoms with Crippen molar-refractivity contribution in [3.63, 3.8) is 0 Å². The van der Waals surface area contributed by atoms with Crippen LogP contribution in [-0.2, 0) is 0 Å². The van der Waals surface area contributed by atoms with Gasteiger partial charge in [-0.2, -0.15) is 5.10 Å². The molecule has 2 aromatic rings. The van der Waals surface area contributed by atoms with Gasteiger partial charge in [0.25, 0.3) is 5.91 Å². The van der Waals surface area contributed by atoms with Crippen LogP contribution in [0.2, 0.25) is 0 Å². The van der Waals surface area contributed by atoms with Crippen LogP contribution < -0.4 is 10.2 Å². The fourth-order valence-corrected chi connectivity index (χ4v) is 1.76. The van der Waals surface area contributed by atoms with E-state index >= 15 is 0 Å². The normalized spacial score (nSPS) is 10.6. The number of nitrogens with one attached hydrogen (secondary N) is 1. The number of nitrogens with zero attached hydrogens (tertiary/aromatic N) is 1. The SMILES string of the molecule is CCOc1cc(/C=N/NC(=O)c2cccc(O)c2)ccc1O. The average molecular weight is 300 g/mol. The van der Waals surface area contributed by atoms with Crippen LogP contribution in [0.5, 0.6) is 17.2 Å². The Morgan fingerprint density at radius 2 is 2.09 bits per heavy atom. The first kappa shape index (κ1) is 15.4. The number of aromatic hydroxyl groups is 2. The number of hydrogen-bond donors (Lipinski definition) is 3. The number of hydrazone groups is 1. The van der Waals surface area contributed by atoms with Gasteiger partial charge < -0.3 is 14.9 Å². The summed E-state index contributed by atoms with van der Waals surface area (Å²) in [6.45, 7) is 2.25. The van der Waals surface area contributed by atoms with Gasteiger partial charge in [0.15, 0.2) is 11.5 Å². The zero-order chi connectivity index (χ0) is 15.9. The van der Waals surface area contributed by atoms with Crippen molar-refractivity contribution in [3.8, 4) is 17.2 Å². The summed E-state index contributed by atoms with van der Waals surface area (Å²) in [5.74, 6) is -0.0268. The predicted octanol–water partition coefficient (Wildman–Crippen LogP) is 2.26. The number of phenols is 2. The molecule has 0 unspecified atom stereocenters. The molecule has 6 heteroatoms. The molecule has 0 aliphatic carbocycles. The molecule has 0 heterocycles. The number of amides is 1. The Kier molecular flexibility index (Phi) is 4.98. The summed E-state index contributed by atoms with van der Waals surface area (Å²) in [6.07, 6.45) is 1.43. The maximum absolute atomic E-state index is 11.8. The molecule has 22 heavy (non-hydrogen) atoms. The summed E-state index contributed by atoms with van der Waals surface area (Å²) in [5, 5.41) is 22.7. The minimum absolute atomic E-state index is 0.0107. The van der Waals surface area contributed by atoms with Crippen LogP contribution in [0.1, 0.15) is 22.8 Å². The van der Waals surface area contributed by atoms with Gasteiger partial charge in [-0.25, -0.2) is 5.43 Å². The van der Waals surface area contributed by atoms with E-state index in [4.69, 9.17) is 4.74 Å². The number of carbonyl (C=O) groups excluding carboxylic acids is 1. The summed E-state index contributed by atoms with van der Waals surface area (Å²) in [4.78, 5) is 11.8. The molecule has 0 saturated heterocycles. The highest BCUT2D eigenvalue weighted by atomic mass is 16.5. The quantitative estimate of drug-likeness (QED) is 0.583. The van der Waals surface area contributed by atoms with E-state index in [-0.39, 0.29) is 11.5 Å².